The molecular weight excluding hydrogens is 455 g/mol. The Morgan fingerprint density at radius 3 is 1.19 bits per heavy atom. The quantitative estimate of drug-likeness (QED) is 0.274. The van der Waals surface area contributed by atoms with Crippen LogP contribution in [0.3, 0.4) is 0 Å². The Morgan fingerprint density at radius 2 is 0.750 bits per heavy atom. The van der Waals surface area contributed by atoms with Crippen LogP contribution in [0.15, 0.2) is 164 Å². The summed E-state index contributed by atoms with van der Waals surface area (Å²) in [6.07, 6.45) is 0. The maximum absolute atomic E-state index is 10.3. The highest BCUT2D eigenvalue weighted by Crippen LogP contribution is 2.55. The van der Waals surface area contributed by atoms with Crippen molar-refractivity contribution in [2.75, 3.05) is 0 Å². The lowest BCUT2D eigenvalue weighted by Crippen LogP contribution is -2.38. The maximum Gasteiger partial charge on any atom is 0.144 e. The van der Waals surface area contributed by atoms with E-state index in [0.717, 1.165) is 0 Å². The molecule has 0 radical (unpaired) electrons. The first-order valence-electron chi connectivity index (χ1n) is 12.1. The van der Waals surface area contributed by atoms with Gasteiger partial charge in [-0.3, -0.25) is 0 Å². The van der Waals surface area contributed by atoms with Crippen molar-refractivity contribution >= 4 is 39.3 Å². The van der Waals surface area contributed by atoms with Gasteiger partial charge in [0.2, 0.25) is 0 Å². The van der Waals surface area contributed by atoms with Gasteiger partial charge in [0.1, 0.15) is 28.5 Å². The molecule has 0 unspecified atom stereocenters. The highest BCUT2D eigenvalue weighted by atomic mass is 31.2. The number of hydrogen-bond acceptors (Lipinski definition) is 1. The summed E-state index contributed by atoms with van der Waals surface area (Å²) in [5, 5.41) is 18.5. The van der Waals surface area contributed by atoms with Crippen LogP contribution in [0, 0.1) is 0 Å². The van der Waals surface area contributed by atoms with Gasteiger partial charge in [-0.25, -0.2) is 0 Å². The zero-order valence-corrected chi connectivity index (χ0v) is 20.8. The molecule has 2 heteroatoms. The molecule has 0 spiro atoms. The monoisotopic (exact) mass is 482 g/mol. The van der Waals surface area contributed by atoms with E-state index in [1.807, 2.05) is 6.07 Å². The van der Waals surface area contributed by atoms with Gasteiger partial charge >= 0.3 is 0 Å². The summed E-state index contributed by atoms with van der Waals surface area (Å²) in [4.78, 5) is 0. The summed E-state index contributed by atoms with van der Waals surface area (Å²) >= 11 is 0. The lowest BCUT2D eigenvalue weighted by molar-refractivity contribution is -0.268. The predicted molar refractivity (Wildman–Crippen MR) is 155 cm³/mol. The third-order valence-electron chi connectivity index (χ3n) is 6.30. The fourth-order valence-electron chi connectivity index (χ4n) is 4.74. The third kappa shape index (κ3) is 4.67. The summed E-state index contributed by atoms with van der Waals surface area (Å²) in [5.74, 6) is 0.0718. The maximum atomic E-state index is 10.3. The van der Waals surface area contributed by atoms with E-state index < -0.39 is 7.26 Å². The molecule has 6 rings (SSSR count). The SMILES string of the molecule is [O-]c1ccccc1.c1ccc([P+](c2ccccc2)(c2ccccc2)c2cccc3ccccc23)cc1. The van der Waals surface area contributed by atoms with Crippen molar-refractivity contribution in [3.8, 4) is 5.75 Å². The highest BCUT2D eigenvalue weighted by Gasteiger charge is 2.48. The molecule has 0 aliphatic rings. The summed E-state index contributed by atoms with van der Waals surface area (Å²) in [6.45, 7) is 0. The Bertz CT molecular complexity index is 1410. The summed E-state index contributed by atoms with van der Waals surface area (Å²) in [6, 6.07) is 57.0. The fourth-order valence-corrected chi connectivity index (χ4v) is 9.20. The summed E-state index contributed by atoms with van der Waals surface area (Å²) in [7, 11) is -2.05. The molecule has 6 aromatic rings. The van der Waals surface area contributed by atoms with E-state index in [1.165, 1.54) is 44.1 Å². The van der Waals surface area contributed by atoms with Gasteiger partial charge in [-0.15, -0.1) is 5.75 Å². The number of rotatable bonds is 4. The number of para-hydroxylation sites is 1. The van der Waals surface area contributed by atoms with Gasteiger partial charge in [-0.1, -0.05) is 121 Å². The lowest BCUT2D eigenvalue weighted by Gasteiger charge is -2.28. The largest absolute Gasteiger partial charge is 0.872 e. The van der Waals surface area contributed by atoms with Crippen LogP contribution in [0.4, 0.5) is 0 Å². The first-order valence-corrected chi connectivity index (χ1v) is 13.9. The van der Waals surface area contributed by atoms with Crippen molar-refractivity contribution in [3.63, 3.8) is 0 Å². The predicted octanol–water partition coefficient (Wildman–Crippen LogP) is 6.22. The van der Waals surface area contributed by atoms with Crippen LogP contribution < -0.4 is 26.3 Å². The van der Waals surface area contributed by atoms with Crippen LogP contribution in [0.1, 0.15) is 0 Å². The molecule has 6 aromatic carbocycles. The van der Waals surface area contributed by atoms with Crippen molar-refractivity contribution in [2.45, 2.75) is 0 Å². The van der Waals surface area contributed by atoms with E-state index >= 15 is 0 Å². The second kappa shape index (κ2) is 11.0. The zero-order chi connectivity index (χ0) is 24.6. The van der Waals surface area contributed by atoms with E-state index in [4.69, 9.17) is 0 Å². The van der Waals surface area contributed by atoms with Gasteiger partial charge in [-0.05, 0) is 47.9 Å². The Morgan fingerprint density at radius 1 is 0.361 bits per heavy atom. The summed E-state index contributed by atoms with van der Waals surface area (Å²) < 4.78 is 0. The van der Waals surface area contributed by atoms with Crippen molar-refractivity contribution < 1.29 is 5.11 Å². The molecule has 36 heavy (non-hydrogen) atoms. The van der Waals surface area contributed by atoms with Crippen molar-refractivity contribution in [2.24, 2.45) is 0 Å². The number of hydrogen-bond donors (Lipinski definition) is 0. The molecule has 0 bridgehead atoms. The number of fused-ring (bicyclic) bond motifs is 1. The second-order valence-electron chi connectivity index (χ2n) is 8.49. The molecule has 0 amide bonds. The van der Waals surface area contributed by atoms with Crippen LogP contribution in [0.2, 0.25) is 0 Å². The molecule has 0 aliphatic carbocycles. The van der Waals surface area contributed by atoms with Gasteiger partial charge in [0.15, 0.2) is 0 Å². The van der Waals surface area contributed by atoms with E-state index in [0.29, 0.717) is 0 Å². The molecule has 174 valence electrons. The van der Waals surface area contributed by atoms with Crippen LogP contribution in [-0.4, -0.2) is 0 Å². The molecular formula is C34H27OP. The first kappa shape index (κ1) is 23.5. The van der Waals surface area contributed by atoms with Gasteiger partial charge in [-0.2, -0.15) is 0 Å². The molecule has 0 saturated heterocycles. The lowest BCUT2D eigenvalue weighted by atomic mass is 10.1. The van der Waals surface area contributed by atoms with E-state index in [2.05, 4.69) is 133 Å². The average molecular weight is 483 g/mol. The van der Waals surface area contributed by atoms with Crippen LogP contribution in [0.5, 0.6) is 5.75 Å². The van der Waals surface area contributed by atoms with Crippen LogP contribution >= 0.6 is 7.26 Å². The smallest absolute Gasteiger partial charge is 0.144 e. The molecule has 0 aromatic heterocycles. The standard InChI is InChI=1S/C28H22P.C6H6O/c1-4-15-24(16-5-1)29(25-17-6-2-7-18-25,26-19-8-3-9-20-26)28-22-12-14-23-13-10-11-21-27(23)28;7-6-4-2-1-3-5-6/h1-22H;1-5,7H/q+1;/p-1. The minimum absolute atomic E-state index is 0.0718. The minimum Gasteiger partial charge on any atom is -0.872 e. The third-order valence-corrected chi connectivity index (χ3v) is 10.6. The fraction of sp³-hybridized carbons (Fsp3) is 0. The van der Waals surface area contributed by atoms with E-state index in [-0.39, 0.29) is 5.75 Å². The molecule has 0 heterocycles. The molecule has 0 fully saturated rings. The van der Waals surface area contributed by atoms with Gasteiger partial charge in [0.25, 0.3) is 0 Å². The average Bonchev–Trinajstić information content (AvgIpc) is 2.96. The first-order chi connectivity index (χ1) is 17.8. The van der Waals surface area contributed by atoms with Gasteiger partial charge in [0.05, 0.1) is 0 Å². The Kier molecular flexibility index (Phi) is 7.22. The van der Waals surface area contributed by atoms with E-state index in [1.54, 1.807) is 12.1 Å². The van der Waals surface area contributed by atoms with Crippen LogP contribution in [0.25, 0.3) is 10.8 Å². The summed E-state index contributed by atoms with van der Waals surface area (Å²) in [5.41, 5.74) is 0. The topological polar surface area (TPSA) is 23.1 Å². The molecule has 0 N–H and O–H groups in total. The van der Waals surface area contributed by atoms with Crippen molar-refractivity contribution in [3.05, 3.63) is 164 Å². The van der Waals surface area contributed by atoms with Crippen LogP contribution in [-0.2, 0) is 0 Å². The van der Waals surface area contributed by atoms with E-state index in [9.17, 15) is 5.11 Å². The highest BCUT2D eigenvalue weighted by molar-refractivity contribution is 8.01. The molecule has 0 aliphatic heterocycles. The Labute approximate surface area is 213 Å². The van der Waals surface area contributed by atoms with Gasteiger partial charge in [0, 0.05) is 5.39 Å². The Balaban J connectivity index is 0.000000330. The normalized spacial score (nSPS) is 10.9. The van der Waals surface area contributed by atoms with Crippen molar-refractivity contribution in [1.29, 1.82) is 0 Å². The second-order valence-corrected chi connectivity index (χ2v) is 11.9. The molecule has 0 saturated carbocycles. The number of benzene rings is 6. The van der Waals surface area contributed by atoms with Gasteiger partial charge < -0.3 is 5.11 Å². The molecule has 1 nitrogen and oxygen atoms in total. The zero-order valence-electron chi connectivity index (χ0n) is 19.9. The minimum atomic E-state index is -2.05. The Hall–Kier alpha value is -4.19. The molecule has 0 atom stereocenters. The van der Waals surface area contributed by atoms with Crippen molar-refractivity contribution in [1.82, 2.24) is 0 Å².